The number of amides is 1. The summed E-state index contributed by atoms with van der Waals surface area (Å²) in [7, 11) is 0. The third kappa shape index (κ3) is 5.90. The highest BCUT2D eigenvalue weighted by atomic mass is 16.6. The lowest BCUT2D eigenvalue weighted by atomic mass is 10.1. The summed E-state index contributed by atoms with van der Waals surface area (Å²) in [5.41, 5.74) is -0.481. The number of nitrogens with one attached hydrogen (secondary N) is 1. The third-order valence-corrected chi connectivity index (χ3v) is 3.10. The van der Waals surface area contributed by atoms with E-state index in [1.807, 2.05) is 25.7 Å². The van der Waals surface area contributed by atoms with E-state index in [-0.39, 0.29) is 24.5 Å². The van der Waals surface area contributed by atoms with Gasteiger partial charge in [0.2, 0.25) is 5.91 Å². The first kappa shape index (κ1) is 17.0. The lowest BCUT2D eigenvalue weighted by molar-refractivity contribution is -0.160. The minimum Gasteiger partial charge on any atom is -0.459 e. The van der Waals surface area contributed by atoms with Gasteiger partial charge >= 0.3 is 5.97 Å². The molecular weight excluding hydrogens is 256 g/mol. The standard InChI is InChI=1S/C15H28N2O3/c1-11(2)9-16-13(18)10-17-8-6-7-12(17)14(19)20-15(3,4)5/h11-12H,6-10H2,1-5H3,(H,16,18)/t12-/m1/s1. The van der Waals surface area contributed by atoms with Crippen molar-refractivity contribution in [1.82, 2.24) is 10.2 Å². The Kier molecular flexibility index (Phi) is 5.99. The van der Waals surface area contributed by atoms with Gasteiger partial charge in [0, 0.05) is 6.54 Å². The summed E-state index contributed by atoms with van der Waals surface area (Å²) < 4.78 is 5.42. The molecule has 1 aliphatic rings. The van der Waals surface area contributed by atoms with E-state index in [9.17, 15) is 9.59 Å². The molecule has 20 heavy (non-hydrogen) atoms. The van der Waals surface area contributed by atoms with Gasteiger partial charge in [-0.25, -0.2) is 0 Å². The first-order chi connectivity index (χ1) is 9.19. The summed E-state index contributed by atoms with van der Waals surface area (Å²) in [5.74, 6) is 0.194. The quantitative estimate of drug-likeness (QED) is 0.779. The number of esters is 1. The van der Waals surface area contributed by atoms with Crippen molar-refractivity contribution in [2.24, 2.45) is 5.92 Å². The molecule has 1 N–H and O–H groups in total. The van der Waals surface area contributed by atoms with Crippen LogP contribution in [-0.2, 0) is 14.3 Å². The van der Waals surface area contributed by atoms with Gasteiger partial charge < -0.3 is 10.1 Å². The molecule has 0 aromatic rings. The van der Waals surface area contributed by atoms with E-state index >= 15 is 0 Å². The van der Waals surface area contributed by atoms with Crippen LogP contribution >= 0.6 is 0 Å². The van der Waals surface area contributed by atoms with E-state index in [1.54, 1.807) is 0 Å². The molecule has 0 radical (unpaired) electrons. The highest BCUT2D eigenvalue weighted by molar-refractivity contribution is 5.81. The summed E-state index contributed by atoms with van der Waals surface area (Å²) >= 11 is 0. The normalized spacial score (nSPS) is 20.2. The zero-order valence-corrected chi connectivity index (χ0v) is 13.4. The molecule has 1 amide bonds. The molecule has 1 fully saturated rings. The molecule has 1 rings (SSSR count). The van der Waals surface area contributed by atoms with Crippen LogP contribution in [0, 0.1) is 5.92 Å². The van der Waals surface area contributed by atoms with Gasteiger partial charge in [-0.3, -0.25) is 14.5 Å². The predicted molar refractivity (Wildman–Crippen MR) is 78.3 cm³/mol. The molecule has 1 aliphatic heterocycles. The van der Waals surface area contributed by atoms with Gasteiger partial charge in [-0.05, 0) is 46.1 Å². The van der Waals surface area contributed by atoms with Gasteiger partial charge in [0.05, 0.1) is 6.54 Å². The molecule has 0 aliphatic carbocycles. The van der Waals surface area contributed by atoms with E-state index in [0.29, 0.717) is 12.5 Å². The van der Waals surface area contributed by atoms with Crippen LogP contribution in [0.2, 0.25) is 0 Å². The number of likely N-dealkylation sites (tertiary alicyclic amines) is 1. The van der Waals surface area contributed by atoms with Crippen LogP contribution in [0.4, 0.5) is 0 Å². The Labute approximate surface area is 122 Å². The van der Waals surface area contributed by atoms with Gasteiger partial charge in [-0.1, -0.05) is 13.8 Å². The molecule has 0 aromatic carbocycles. The van der Waals surface area contributed by atoms with Crippen molar-refractivity contribution in [2.45, 2.75) is 59.1 Å². The van der Waals surface area contributed by atoms with Crippen molar-refractivity contribution in [3.05, 3.63) is 0 Å². The molecule has 116 valence electrons. The van der Waals surface area contributed by atoms with Crippen LogP contribution < -0.4 is 5.32 Å². The van der Waals surface area contributed by atoms with Gasteiger partial charge in [-0.15, -0.1) is 0 Å². The van der Waals surface area contributed by atoms with Crippen LogP contribution in [0.15, 0.2) is 0 Å². The zero-order chi connectivity index (χ0) is 15.3. The molecule has 5 nitrogen and oxygen atoms in total. The Balaban J connectivity index is 2.48. The molecule has 0 unspecified atom stereocenters. The lowest BCUT2D eigenvalue weighted by Gasteiger charge is -2.27. The maximum Gasteiger partial charge on any atom is 0.323 e. The molecule has 0 saturated carbocycles. The smallest absolute Gasteiger partial charge is 0.323 e. The second-order valence-electron chi connectivity index (χ2n) is 6.86. The number of hydrogen-bond acceptors (Lipinski definition) is 4. The van der Waals surface area contributed by atoms with Crippen molar-refractivity contribution >= 4 is 11.9 Å². The largest absolute Gasteiger partial charge is 0.459 e. The van der Waals surface area contributed by atoms with Crippen LogP contribution in [0.25, 0.3) is 0 Å². The molecule has 0 aromatic heterocycles. The van der Waals surface area contributed by atoms with Crippen LogP contribution in [0.3, 0.4) is 0 Å². The van der Waals surface area contributed by atoms with Crippen molar-refractivity contribution in [2.75, 3.05) is 19.6 Å². The SMILES string of the molecule is CC(C)CNC(=O)CN1CCC[C@@H]1C(=O)OC(C)(C)C. The highest BCUT2D eigenvalue weighted by Gasteiger charge is 2.34. The average Bonchev–Trinajstić information content (AvgIpc) is 2.72. The van der Waals surface area contributed by atoms with E-state index < -0.39 is 5.60 Å². The fourth-order valence-corrected chi connectivity index (χ4v) is 2.21. The van der Waals surface area contributed by atoms with Crippen molar-refractivity contribution < 1.29 is 14.3 Å². The maximum absolute atomic E-state index is 12.1. The van der Waals surface area contributed by atoms with E-state index in [2.05, 4.69) is 19.2 Å². The summed E-state index contributed by atoms with van der Waals surface area (Å²) in [6, 6.07) is -0.279. The predicted octanol–water partition coefficient (Wildman–Crippen LogP) is 1.56. The first-order valence-electron chi connectivity index (χ1n) is 7.42. The summed E-state index contributed by atoms with van der Waals surface area (Å²) in [6.07, 6.45) is 1.70. The Bertz CT molecular complexity index is 348. The van der Waals surface area contributed by atoms with Crippen molar-refractivity contribution in [1.29, 1.82) is 0 Å². The average molecular weight is 284 g/mol. The molecule has 0 bridgehead atoms. The van der Waals surface area contributed by atoms with E-state index in [4.69, 9.17) is 4.74 Å². The Morgan fingerprint density at radius 1 is 1.35 bits per heavy atom. The molecule has 0 spiro atoms. The van der Waals surface area contributed by atoms with Crippen LogP contribution in [0.5, 0.6) is 0 Å². The van der Waals surface area contributed by atoms with Gasteiger partial charge in [0.15, 0.2) is 0 Å². The maximum atomic E-state index is 12.1. The molecule has 1 saturated heterocycles. The Morgan fingerprint density at radius 2 is 2.00 bits per heavy atom. The summed E-state index contributed by atoms with van der Waals surface area (Å²) in [6.45, 7) is 11.4. The monoisotopic (exact) mass is 284 g/mol. The second kappa shape index (κ2) is 7.07. The number of rotatable bonds is 5. The Morgan fingerprint density at radius 3 is 2.55 bits per heavy atom. The third-order valence-electron chi connectivity index (χ3n) is 3.10. The topological polar surface area (TPSA) is 58.6 Å². The molecular formula is C15H28N2O3. The second-order valence-corrected chi connectivity index (χ2v) is 6.86. The van der Waals surface area contributed by atoms with E-state index in [1.165, 1.54) is 0 Å². The molecule has 1 atom stereocenters. The minimum absolute atomic E-state index is 0.0193. The fraction of sp³-hybridized carbons (Fsp3) is 0.867. The number of ether oxygens (including phenoxy) is 1. The van der Waals surface area contributed by atoms with Crippen molar-refractivity contribution in [3.8, 4) is 0 Å². The number of hydrogen-bond donors (Lipinski definition) is 1. The van der Waals surface area contributed by atoms with Crippen LogP contribution in [-0.4, -0.2) is 48.1 Å². The fourth-order valence-electron chi connectivity index (χ4n) is 2.21. The Hall–Kier alpha value is -1.10. The number of nitrogens with zero attached hydrogens (tertiary/aromatic N) is 1. The van der Waals surface area contributed by atoms with Gasteiger partial charge in [0.1, 0.15) is 11.6 Å². The van der Waals surface area contributed by atoms with Crippen molar-refractivity contribution in [3.63, 3.8) is 0 Å². The van der Waals surface area contributed by atoms with Gasteiger partial charge in [-0.2, -0.15) is 0 Å². The lowest BCUT2D eigenvalue weighted by Crippen LogP contribution is -2.45. The number of carbonyl (C=O) groups excluding carboxylic acids is 2. The highest BCUT2D eigenvalue weighted by Crippen LogP contribution is 2.20. The summed E-state index contributed by atoms with van der Waals surface area (Å²) in [5, 5.41) is 2.88. The van der Waals surface area contributed by atoms with Crippen LogP contribution in [0.1, 0.15) is 47.5 Å². The summed E-state index contributed by atoms with van der Waals surface area (Å²) in [4.78, 5) is 25.9. The first-order valence-corrected chi connectivity index (χ1v) is 7.42. The molecule has 1 heterocycles. The van der Waals surface area contributed by atoms with E-state index in [0.717, 1.165) is 19.4 Å². The van der Waals surface area contributed by atoms with Gasteiger partial charge in [0.25, 0.3) is 0 Å². The zero-order valence-electron chi connectivity index (χ0n) is 13.4. The molecule has 5 heteroatoms. The minimum atomic E-state index is -0.481. The number of carbonyl (C=O) groups is 2.